The van der Waals surface area contributed by atoms with Crippen molar-refractivity contribution in [2.24, 2.45) is 0 Å². The Morgan fingerprint density at radius 1 is 1.41 bits per heavy atom. The van der Waals surface area contributed by atoms with Gasteiger partial charge in [-0.05, 0) is 0 Å². The fourth-order valence-electron chi connectivity index (χ4n) is 1.61. The van der Waals surface area contributed by atoms with Gasteiger partial charge in [0.05, 0.1) is 19.6 Å². The fourth-order valence-corrected chi connectivity index (χ4v) is 1.88. The van der Waals surface area contributed by atoms with Crippen LogP contribution in [0.3, 0.4) is 0 Å². The quantitative estimate of drug-likeness (QED) is 0.751. The lowest BCUT2D eigenvalue weighted by atomic mass is 10.4. The second-order valence-electron chi connectivity index (χ2n) is 3.56. The van der Waals surface area contributed by atoms with Gasteiger partial charge in [-0.3, -0.25) is 9.69 Å². The van der Waals surface area contributed by atoms with E-state index in [1.807, 2.05) is 0 Å². The van der Waals surface area contributed by atoms with Crippen LogP contribution in [-0.4, -0.2) is 42.0 Å². The van der Waals surface area contributed by atoms with Crippen molar-refractivity contribution in [3.8, 4) is 11.9 Å². The van der Waals surface area contributed by atoms with Gasteiger partial charge in [-0.1, -0.05) is 0 Å². The Hall–Kier alpha value is -1.56. The van der Waals surface area contributed by atoms with Crippen molar-refractivity contribution in [3.05, 3.63) is 6.07 Å². The van der Waals surface area contributed by atoms with Gasteiger partial charge in [0.25, 0.3) is 0 Å². The lowest BCUT2D eigenvalue weighted by Crippen LogP contribution is -2.25. The number of nitrogens with zero attached hydrogens (tertiary/aromatic N) is 3. The van der Waals surface area contributed by atoms with E-state index in [-0.39, 0.29) is 17.3 Å². The third kappa shape index (κ3) is 2.41. The van der Waals surface area contributed by atoms with Crippen molar-refractivity contribution in [1.82, 2.24) is 9.97 Å². The van der Waals surface area contributed by atoms with E-state index < -0.39 is 0 Å². The van der Waals surface area contributed by atoms with Crippen LogP contribution in [0.5, 0.6) is 11.9 Å². The average Bonchev–Trinajstić information content (AvgIpc) is 2.67. The molecule has 1 aromatic heterocycles. The Kier molecular flexibility index (Phi) is 3.33. The number of rotatable bonds is 3. The molecule has 0 saturated carbocycles. The van der Waals surface area contributed by atoms with E-state index in [2.05, 4.69) is 9.97 Å². The highest BCUT2D eigenvalue weighted by Crippen LogP contribution is 2.26. The van der Waals surface area contributed by atoms with Crippen LogP contribution >= 0.6 is 11.6 Å². The molecular formula is C10H12ClN3O3. The first-order chi connectivity index (χ1) is 8.13. The van der Waals surface area contributed by atoms with Gasteiger partial charge in [0.15, 0.2) is 0 Å². The highest BCUT2D eigenvalue weighted by atomic mass is 35.5. The van der Waals surface area contributed by atoms with Gasteiger partial charge in [-0.25, -0.2) is 0 Å². The molecule has 1 saturated heterocycles. The number of aromatic nitrogens is 2. The van der Waals surface area contributed by atoms with Crippen LogP contribution in [-0.2, 0) is 4.79 Å². The van der Waals surface area contributed by atoms with Crippen molar-refractivity contribution >= 4 is 23.3 Å². The first kappa shape index (κ1) is 11.9. The molecule has 1 unspecified atom stereocenters. The maximum Gasteiger partial charge on any atom is 0.321 e. The molecule has 1 aliphatic rings. The largest absolute Gasteiger partial charge is 0.481 e. The summed E-state index contributed by atoms with van der Waals surface area (Å²) in [5, 5.41) is -0.186. The normalized spacial score (nSPS) is 19.6. The monoisotopic (exact) mass is 257 g/mol. The van der Waals surface area contributed by atoms with Crippen molar-refractivity contribution in [1.29, 1.82) is 0 Å². The van der Waals surface area contributed by atoms with E-state index in [0.29, 0.717) is 24.7 Å². The van der Waals surface area contributed by atoms with Crippen LogP contribution in [0.4, 0.5) is 5.82 Å². The number of amides is 1. The molecule has 7 heteroatoms. The third-order valence-electron chi connectivity index (χ3n) is 2.41. The molecule has 0 N–H and O–H groups in total. The summed E-state index contributed by atoms with van der Waals surface area (Å²) in [4.78, 5) is 21.2. The summed E-state index contributed by atoms with van der Waals surface area (Å²) in [6, 6.07) is 1.74. The first-order valence-electron chi connectivity index (χ1n) is 5.05. The summed E-state index contributed by atoms with van der Waals surface area (Å²) >= 11 is 5.93. The maximum absolute atomic E-state index is 11.7. The number of hydrogen-bond donors (Lipinski definition) is 0. The van der Waals surface area contributed by atoms with Crippen molar-refractivity contribution in [2.45, 2.75) is 11.8 Å². The van der Waals surface area contributed by atoms with Gasteiger partial charge in [-0.2, -0.15) is 9.97 Å². The SMILES string of the molecule is COc1cc(N2CC(Cl)CC2=O)nc(OC)n1. The predicted molar refractivity (Wildman–Crippen MR) is 61.7 cm³/mol. The molecule has 0 radical (unpaired) electrons. The molecule has 0 aliphatic carbocycles. The van der Waals surface area contributed by atoms with Crippen molar-refractivity contribution < 1.29 is 14.3 Å². The summed E-state index contributed by atoms with van der Waals surface area (Å²) in [7, 11) is 2.94. The van der Waals surface area contributed by atoms with E-state index in [0.717, 1.165) is 0 Å². The summed E-state index contributed by atoms with van der Waals surface area (Å²) in [6.45, 7) is 0.434. The van der Waals surface area contributed by atoms with Gasteiger partial charge < -0.3 is 9.47 Å². The molecule has 1 amide bonds. The Balaban J connectivity index is 2.34. The Labute approximate surface area is 104 Å². The predicted octanol–water partition coefficient (Wildman–Crippen LogP) is 0.838. The highest BCUT2D eigenvalue weighted by Gasteiger charge is 2.30. The molecular weight excluding hydrogens is 246 g/mol. The molecule has 0 bridgehead atoms. The maximum atomic E-state index is 11.7. The molecule has 92 valence electrons. The minimum atomic E-state index is -0.186. The van der Waals surface area contributed by atoms with E-state index in [1.165, 1.54) is 19.1 Å². The topological polar surface area (TPSA) is 64.5 Å². The first-order valence-corrected chi connectivity index (χ1v) is 5.49. The van der Waals surface area contributed by atoms with Gasteiger partial charge in [0.1, 0.15) is 5.82 Å². The Bertz CT molecular complexity index is 419. The van der Waals surface area contributed by atoms with Gasteiger partial charge >= 0.3 is 6.01 Å². The molecule has 1 aromatic rings. The number of anilines is 1. The van der Waals surface area contributed by atoms with Crippen molar-refractivity contribution in [2.75, 3.05) is 25.7 Å². The van der Waals surface area contributed by atoms with Crippen LogP contribution in [0.25, 0.3) is 0 Å². The number of halogens is 1. The van der Waals surface area contributed by atoms with Gasteiger partial charge in [0, 0.05) is 19.0 Å². The molecule has 17 heavy (non-hydrogen) atoms. The molecule has 1 fully saturated rings. The molecule has 1 aliphatic heterocycles. The van der Waals surface area contributed by atoms with E-state index in [9.17, 15) is 4.79 Å². The number of methoxy groups -OCH3 is 2. The summed E-state index contributed by atoms with van der Waals surface area (Å²) < 4.78 is 9.96. The second kappa shape index (κ2) is 4.75. The molecule has 1 atom stereocenters. The smallest absolute Gasteiger partial charge is 0.321 e. The minimum Gasteiger partial charge on any atom is -0.481 e. The number of hydrogen-bond acceptors (Lipinski definition) is 5. The third-order valence-corrected chi connectivity index (χ3v) is 2.71. The summed E-state index contributed by atoms with van der Waals surface area (Å²) in [5.41, 5.74) is 0. The van der Waals surface area contributed by atoms with Crippen LogP contribution in [0.1, 0.15) is 6.42 Å². The van der Waals surface area contributed by atoms with E-state index in [1.54, 1.807) is 6.07 Å². The lowest BCUT2D eigenvalue weighted by molar-refractivity contribution is -0.117. The lowest BCUT2D eigenvalue weighted by Gasteiger charge is -2.15. The van der Waals surface area contributed by atoms with E-state index >= 15 is 0 Å². The fraction of sp³-hybridized carbons (Fsp3) is 0.500. The standard InChI is InChI=1S/C10H12ClN3O3/c1-16-8-4-7(12-10(13-8)17-2)14-5-6(11)3-9(14)15/h4,6H,3,5H2,1-2H3. The van der Waals surface area contributed by atoms with Crippen LogP contribution in [0.2, 0.25) is 0 Å². The van der Waals surface area contributed by atoms with E-state index in [4.69, 9.17) is 21.1 Å². The summed E-state index contributed by atoms with van der Waals surface area (Å²) in [6.07, 6.45) is 0.316. The zero-order chi connectivity index (χ0) is 12.4. The second-order valence-corrected chi connectivity index (χ2v) is 4.18. The zero-order valence-corrected chi connectivity index (χ0v) is 10.3. The number of ether oxygens (including phenoxy) is 2. The average molecular weight is 258 g/mol. The van der Waals surface area contributed by atoms with Gasteiger partial charge in [0.2, 0.25) is 11.8 Å². The number of carbonyl (C=O) groups excluding carboxylic acids is 1. The highest BCUT2D eigenvalue weighted by molar-refractivity contribution is 6.24. The van der Waals surface area contributed by atoms with Crippen molar-refractivity contribution in [3.63, 3.8) is 0 Å². The number of carbonyl (C=O) groups is 1. The molecule has 2 heterocycles. The molecule has 2 rings (SSSR count). The van der Waals surface area contributed by atoms with Crippen LogP contribution in [0, 0.1) is 0 Å². The Morgan fingerprint density at radius 3 is 2.71 bits per heavy atom. The Morgan fingerprint density at radius 2 is 2.18 bits per heavy atom. The van der Waals surface area contributed by atoms with Crippen LogP contribution in [0.15, 0.2) is 6.07 Å². The minimum absolute atomic E-state index is 0.0622. The van der Waals surface area contributed by atoms with Crippen LogP contribution < -0.4 is 14.4 Å². The van der Waals surface area contributed by atoms with Gasteiger partial charge in [-0.15, -0.1) is 11.6 Å². The number of alkyl halides is 1. The molecule has 6 nitrogen and oxygen atoms in total. The zero-order valence-electron chi connectivity index (χ0n) is 9.51. The molecule has 0 aromatic carbocycles. The summed E-state index contributed by atoms with van der Waals surface area (Å²) in [5.74, 6) is 0.729. The molecule has 0 spiro atoms.